The summed E-state index contributed by atoms with van der Waals surface area (Å²) in [6, 6.07) is 6.01. The van der Waals surface area contributed by atoms with Gasteiger partial charge in [0.15, 0.2) is 0 Å². The number of ether oxygens (including phenoxy) is 1. The van der Waals surface area contributed by atoms with E-state index in [1.165, 1.54) is 0 Å². The minimum Gasteiger partial charge on any atom is -0.489 e. The van der Waals surface area contributed by atoms with Gasteiger partial charge in [0, 0.05) is 36.7 Å². The maximum atomic E-state index is 10.8. The largest absolute Gasteiger partial charge is 0.489 e. The molecule has 0 radical (unpaired) electrons. The molecule has 3 rings (SSSR count). The molecule has 1 aromatic rings. The average molecular weight is 398 g/mol. The van der Waals surface area contributed by atoms with Gasteiger partial charge in [-0.3, -0.25) is 4.79 Å². The molecule has 1 heterocycles. The van der Waals surface area contributed by atoms with E-state index in [0.29, 0.717) is 25.7 Å². The van der Waals surface area contributed by atoms with Gasteiger partial charge in [-0.1, -0.05) is 37.3 Å². The van der Waals surface area contributed by atoms with Gasteiger partial charge in [-0.2, -0.15) is 0 Å². The van der Waals surface area contributed by atoms with Crippen LogP contribution in [-0.4, -0.2) is 39.6 Å². The molecule has 5 heteroatoms. The number of benzene rings is 1. The highest BCUT2D eigenvalue weighted by atomic mass is 16.5. The van der Waals surface area contributed by atoms with E-state index in [1.54, 1.807) is 13.0 Å². The number of carboxylic acid groups (broad SMARTS) is 1. The Morgan fingerprint density at radius 3 is 2.93 bits per heavy atom. The van der Waals surface area contributed by atoms with Gasteiger partial charge < -0.3 is 20.1 Å². The minimum atomic E-state index is -0.790. The Balaban J connectivity index is 1.75. The number of carbonyl (C=O) groups is 1. The second-order valence-corrected chi connectivity index (χ2v) is 8.13. The van der Waals surface area contributed by atoms with E-state index in [-0.39, 0.29) is 30.3 Å². The Hall–Kier alpha value is -2.29. The number of carboxylic acids is 1. The molecule has 1 fully saturated rings. The summed E-state index contributed by atoms with van der Waals surface area (Å²) in [5.41, 5.74) is 2.11. The molecule has 0 saturated heterocycles. The first-order valence-corrected chi connectivity index (χ1v) is 10.4. The lowest BCUT2D eigenvalue weighted by Crippen LogP contribution is -2.19. The highest BCUT2D eigenvalue weighted by Gasteiger charge is 2.48. The standard InChI is InChI=1S/C24H30O5/c1-3-4-7-15(2)19(25)13-12-17-20(26)14-21-23(17)18-10-5-8-16(24(18)29-21)9-6-11-22(27)28/h5,8,10,12-13,15,17,19-21,23,25-26H,6-7,9,11,14H2,1-2H3,(H,27,28)/b13-12+/t15-,17-,19-,20+,21+,23+/m1/s1. The molecule has 3 N–H and O–H groups in total. The lowest BCUT2D eigenvalue weighted by atomic mass is 9.86. The first-order valence-electron chi connectivity index (χ1n) is 10.4. The maximum Gasteiger partial charge on any atom is 0.303 e. The van der Waals surface area contributed by atoms with E-state index in [4.69, 9.17) is 9.84 Å². The first-order chi connectivity index (χ1) is 13.9. The van der Waals surface area contributed by atoms with Gasteiger partial charge >= 0.3 is 5.97 Å². The Morgan fingerprint density at radius 1 is 1.41 bits per heavy atom. The molecule has 1 aliphatic carbocycles. The van der Waals surface area contributed by atoms with Gasteiger partial charge in [-0.05, 0) is 31.2 Å². The number of rotatable bonds is 8. The van der Waals surface area contributed by atoms with E-state index < -0.39 is 18.2 Å². The number of aliphatic hydroxyl groups excluding tert-OH is 2. The number of hydrogen-bond acceptors (Lipinski definition) is 4. The molecule has 0 spiro atoms. The fourth-order valence-electron chi connectivity index (χ4n) is 4.41. The second kappa shape index (κ2) is 9.47. The van der Waals surface area contributed by atoms with Crippen molar-refractivity contribution in [3.8, 4) is 17.6 Å². The molecule has 6 atom stereocenters. The molecule has 0 aromatic heterocycles. The van der Waals surface area contributed by atoms with Gasteiger partial charge in [0.1, 0.15) is 11.9 Å². The molecular weight excluding hydrogens is 368 g/mol. The highest BCUT2D eigenvalue weighted by Crippen LogP contribution is 2.52. The molecule has 29 heavy (non-hydrogen) atoms. The third-order valence-corrected chi connectivity index (χ3v) is 6.04. The van der Waals surface area contributed by atoms with Crippen molar-refractivity contribution in [3.05, 3.63) is 41.5 Å². The Kier molecular flexibility index (Phi) is 7.00. The zero-order valence-corrected chi connectivity index (χ0v) is 17.0. The van der Waals surface area contributed by atoms with Crippen molar-refractivity contribution in [3.63, 3.8) is 0 Å². The van der Waals surface area contributed by atoms with Crippen molar-refractivity contribution in [2.45, 2.75) is 70.2 Å². The number of hydrogen-bond donors (Lipinski definition) is 3. The van der Waals surface area contributed by atoms with Gasteiger partial charge in [0.05, 0.1) is 12.2 Å². The summed E-state index contributed by atoms with van der Waals surface area (Å²) >= 11 is 0. The van der Waals surface area contributed by atoms with Crippen LogP contribution in [0.5, 0.6) is 5.75 Å². The third-order valence-electron chi connectivity index (χ3n) is 6.04. The lowest BCUT2D eigenvalue weighted by molar-refractivity contribution is -0.137. The van der Waals surface area contributed by atoms with E-state index >= 15 is 0 Å². The summed E-state index contributed by atoms with van der Waals surface area (Å²) in [6.45, 7) is 3.75. The Bertz CT molecular complexity index is 818. The van der Waals surface area contributed by atoms with Crippen molar-refractivity contribution in [1.82, 2.24) is 0 Å². The Morgan fingerprint density at radius 2 is 2.21 bits per heavy atom. The third kappa shape index (κ3) is 4.83. The quantitative estimate of drug-likeness (QED) is 0.462. The molecule has 0 bridgehead atoms. The zero-order valence-electron chi connectivity index (χ0n) is 17.0. The number of para-hydroxylation sites is 1. The van der Waals surface area contributed by atoms with Crippen LogP contribution in [0, 0.1) is 23.7 Å². The molecule has 1 saturated carbocycles. The van der Waals surface area contributed by atoms with E-state index in [0.717, 1.165) is 16.9 Å². The molecule has 5 nitrogen and oxygen atoms in total. The number of aryl methyl sites for hydroxylation is 1. The fourth-order valence-corrected chi connectivity index (χ4v) is 4.41. The molecule has 1 aliphatic heterocycles. The molecule has 0 unspecified atom stereocenters. The summed E-state index contributed by atoms with van der Waals surface area (Å²) in [6.07, 6.45) is 5.07. The van der Waals surface area contributed by atoms with Gasteiger partial charge in [0.25, 0.3) is 0 Å². The van der Waals surface area contributed by atoms with Crippen LogP contribution in [0.15, 0.2) is 30.4 Å². The second-order valence-electron chi connectivity index (χ2n) is 8.13. The first kappa shape index (κ1) is 21.4. The lowest BCUT2D eigenvalue weighted by Gasteiger charge is -2.19. The van der Waals surface area contributed by atoms with Crippen LogP contribution >= 0.6 is 0 Å². The van der Waals surface area contributed by atoms with Crippen LogP contribution in [-0.2, 0) is 11.2 Å². The van der Waals surface area contributed by atoms with Crippen molar-refractivity contribution in [2.75, 3.05) is 0 Å². The van der Waals surface area contributed by atoms with Gasteiger partial charge in [0.2, 0.25) is 0 Å². The Labute approximate surface area is 172 Å². The number of fused-ring (bicyclic) bond motifs is 3. The average Bonchev–Trinajstić information content (AvgIpc) is 3.19. The fraction of sp³-hybridized carbons (Fsp3) is 0.542. The van der Waals surface area contributed by atoms with E-state index in [1.807, 2.05) is 31.2 Å². The highest BCUT2D eigenvalue weighted by molar-refractivity contribution is 5.66. The smallest absolute Gasteiger partial charge is 0.303 e. The van der Waals surface area contributed by atoms with Crippen LogP contribution in [0.4, 0.5) is 0 Å². The minimum absolute atomic E-state index is 0.0287. The van der Waals surface area contributed by atoms with E-state index in [9.17, 15) is 15.0 Å². The normalized spacial score (nSPS) is 26.9. The van der Waals surface area contributed by atoms with Crippen molar-refractivity contribution in [2.24, 2.45) is 11.8 Å². The van der Waals surface area contributed by atoms with Crippen molar-refractivity contribution < 1.29 is 24.9 Å². The molecule has 2 aliphatic rings. The SMILES string of the molecule is CC#CC[C@@H](C)[C@H](O)/C=C/[C@H]1[C@H]2c3cccc(CCCC(=O)O)c3O[C@H]2C[C@@H]1O. The predicted molar refractivity (Wildman–Crippen MR) is 111 cm³/mol. The van der Waals surface area contributed by atoms with Crippen LogP contribution in [0.2, 0.25) is 0 Å². The topological polar surface area (TPSA) is 87.0 Å². The summed E-state index contributed by atoms with van der Waals surface area (Å²) < 4.78 is 6.21. The maximum absolute atomic E-state index is 10.8. The monoisotopic (exact) mass is 398 g/mol. The molecule has 0 amide bonds. The summed E-state index contributed by atoms with van der Waals surface area (Å²) in [4.78, 5) is 10.8. The van der Waals surface area contributed by atoms with Crippen LogP contribution in [0.3, 0.4) is 0 Å². The molecular formula is C24H30O5. The van der Waals surface area contributed by atoms with E-state index in [2.05, 4.69) is 11.8 Å². The number of aliphatic carboxylic acids is 1. The zero-order chi connectivity index (χ0) is 21.0. The molecule has 156 valence electrons. The molecule has 1 aromatic carbocycles. The van der Waals surface area contributed by atoms with Crippen LogP contribution in [0.1, 0.15) is 56.6 Å². The van der Waals surface area contributed by atoms with Crippen molar-refractivity contribution >= 4 is 5.97 Å². The van der Waals surface area contributed by atoms with Crippen LogP contribution in [0.25, 0.3) is 0 Å². The van der Waals surface area contributed by atoms with Gasteiger partial charge in [-0.25, -0.2) is 0 Å². The summed E-state index contributed by atoms with van der Waals surface area (Å²) in [7, 11) is 0. The summed E-state index contributed by atoms with van der Waals surface area (Å²) in [5, 5.41) is 29.9. The predicted octanol–water partition coefficient (Wildman–Crippen LogP) is 3.29. The van der Waals surface area contributed by atoms with Gasteiger partial charge in [-0.15, -0.1) is 11.8 Å². The summed E-state index contributed by atoms with van der Waals surface area (Å²) in [5.74, 6) is 5.87. The van der Waals surface area contributed by atoms with Crippen LogP contribution < -0.4 is 4.74 Å². The van der Waals surface area contributed by atoms with Crippen molar-refractivity contribution in [1.29, 1.82) is 0 Å². The number of aliphatic hydroxyl groups is 2.